The lowest BCUT2D eigenvalue weighted by molar-refractivity contribution is 0.455. The van der Waals surface area contributed by atoms with Gasteiger partial charge in [-0.05, 0) is 17.7 Å². The molecule has 2 rings (SSSR count). The van der Waals surface area contributed by atoms with Crippen LogP contribution in [-0.2, 0) is 13.5 Å². The number of aromatic hydroxyl groups is 1. The van der Waals surface area contributed by atoms with E-state index < -0.39 is 0 Å². The smallest absolute Gasteiger partial charge is 0.229 e. The van der Waals surface area contributed by atoms with E-state index >= 15 is 0 Å². The van der Waals surface area contributed by atoms with Gasteiger partial charge in [-0.2, -0.15) is 4.98 Å². The SMILES string of the molecule is Cn1cc(O)nc1Cc1ccc(Cl)cc1. The van der Waals surface area contributed by atoms with Crippen molar-refractivity contribution >= 4 is 11.6 Å². The number of imidazole rings is 1. The van der Waals surface area contributed by atoms with Crippen molar-refractivity contribution in [2.24, 2.45) is 7.05 Å². The van der Waals surface area contributed by atoms with E-state index in [0.717, 1.165) is 16.4 Å². The fraction of sp³-hybridized carbons (Fsp3) is 0.182. The molecule has 15 heavy (non-hydrogen) atoms. The minimum absolute atomic E-state index is 0.0569. The molecule has 0 aliphatic carbocycles. The molecule has 1 heterocycles. The minimum atomic E-state index is 0.0569. The monoisotopic (exact) mass is 222 g/mol. The highest BCUT2D eigenvalue weighted by molar-refractivity contribution is 6.30. The molecule has 0 amide bonds. The van der Waals surface area contributed by atoms with E-state index in [9.17, 15) is 5.11 Å². The van der Waals surface area contributed by atoms with Gasteiger partial charge >= 0.3 is 0 Å². The fourth-order valence-corrected chi connectivity index (χ4v) is 1.56. The van der Waals surface area contributed by atoms with Crippen LogP contribution in [0.25, 0.3) is 0 Å². The van der Waals surface area contributed by atoms with Gasteiger partial charge in [0.15, 0.2) is 0 Å². The van der Waals surface area contributed by atoms with Crippen molar-refractivity contribution in [1.82, 2.24) is 9.55 Å². The summed E-state index contributed by atoms with van der Waals surface area (Å²) in [5.41, 5.74) is 1.12. The van der Waals surface area contributed by atoms with E-state index in [0.29, 0.717) is 6.42 Å². The maximum atomic E-state index is 9.20. The zero-order valence-corrected chi connectivity index (χ0v) is 9.07. The van der Waals surface area contributed by atoms with Crippen molar-refractivity contribution in [2.75, 3.05) is 0 Å². The zero-order valence-electron chi connectivity index (χ0n) is 8.31. The summed E-state index contributed by atoms with van der Waals surface area (Å²) < 4.78 is 1.81. The van der Waals surface area contributed by atoms with Crippen molar-refractivity contribution in [2.45, 2.75) is 6.42 Å². The standard InChI is InChI=1S/C11H11ClN2O/c1-14-7-11(15)13-10(14)6-8-2-4-9(12)5-3-8/h2-5,7,15H,6H2,1H3. The highest BCUT2D eigenvalue weighted by atomic mass is 35.5. The molecule has 3 nitrogen and oxygen atoms in total. The third-order valence-electron chi connectivity index (χ3n) is 2.24. The van der Waals surface area contributed by atoms with Crippen molar-refractivity contribution < 1.29 is 5.11 Å². The number of benzene rings is 1. The Hall–Kier alpha value is -1.48. The van der Waals surface area contributed by atoms with Gasteiger partial charge in [0.05, 0.1) is 6.20 Å². The van der Waals surface area contributed by atoms with Gasteiger partial charge in [-0.25, -0.2) is 0 Å². The molecule has 78 valence electrons. The highest BCUT2D eigenvalue weighted by Crippen LogP contribution is 2.14. The molecule has 1 N–H and O–H groups in total. The molecular formula is C11H11ClN2O. The largest absolute Gasteiger partial charge is 0.492 e. The highest BCUT2D eigenvalue weighted by Gasteiger charge is 2.04. The summed E-state index contributed by atoms with van der Waals surface area (Å²) in [6, 6.07) is 7.60. The van der Waals surface area contributed by atoms with Crippen molar-refractivity contribution in [1.29, 1.82) is 0 Å². The number of aryl methyl sites for hydroxylation is 1. The first kappa shape index (κ1) is 10.1. The molecule has 0 bridgehead atoms. The van der Waals surface area contributed by atoms with Gasteiger partial charge in [0, 0.05) is 18.5 Å². The van der Waals surface area contributed by atoms with Crippen LogP contribution in [0.15, 0.2) is 30.5 Å². The number of hydrogen-bond acceptors (Lipinski definition) is 2. The minimum Gasteiger partial charge on any atom is -0.492 e. The molecule has 0 radical (unpaired) electrons. The Morgan fingerprint density at radius 3 is 2.53 bits per heavy atom. The van der Waals surface area contributed by atoms with Gasteiger partial charge in [-0.1, -0.05) is 23.7 Å². The summed E-state index contributed by atoms with van der Waals surface area (Å²) >= 11 is 5.79. The van der Waals surface area contributed by atoms with E-state index in [1.165, 1.54) is 0 Å². The molecule has 1 aromatic heterocycles. The van der Waals surface area contributed by atoms with Gasteiger partial charge in [0.2, 0.25) is 5.88 Å². The third kappa shape index (κ3) is 2.30. The van der Waals surface area contributed by atoms with Gasteiger partial charge in [0.25, 0.3) is 0 Å². The lowest BCUT2D eigenvalue weighted by Gasteiger charge is -2.01. The van der Waals surface area contributed by atoms with E-state index in [4.69, 9.17) is 11.6 Å². The summed E-state index contributed by atoms with van der Waals surface area (Å²) in [6.45, 7) is 0. The predicted molar refractivity (Wildman–Crippen MR) is 59.1 cm³/mol. The first-order valence-corrected chi connectivity index (χ1v) is 4.98. The predicted octanol–water partition coefficient (Wildman–Crippen LogP) is 2.37. The normalized spacial score (nSPS) is 10.5. The number of rotatable bonds is 2. The van der Waals surface area contributed by atoms with E-state index in [1.54, 1.807) is 6.20 Å². The molecule has 2 aromatic rings. The Bertz CT molecular complexity index is 462. The lowest BCUT2D eigenvalue weighted by Crippen LogP contribution is -1.97. The molecule has 0 fully saturated rings. The van der Waals surface area contributed by atoms with E-state index in [1.807, 2.05) is 35.9 Å². The summed E-state index contributed by atoms with van der Waals surface area (Å²) in [5.74, 6) is 0.885. The molecule has 1 aromatic carbocycles. The van der Waals surface area contributed by atoms with Crippen molar-refractivity contribution in [3.05, 3.63) is 46.9 Å². The maximum Gasteiger partial charge on any atom is 0.229 e. The second-order valence-corrected chi connectivity index (χ2v) is 3.87. The van der Waals surface area contributed by atoms with Crippen molar-refractivity contribution in [3.63, 3.8) is 0 Å². The average Bonchev–Trinajstić information content (AvgIpc) is 2.49. The molecule has 0 aliphatic rings. The summed E-state index contributed by atoms with van der Waals surface area (Å²) in [4.78, 5) is 4.01. The van der Waals surface area contributed by atoms with Crippen molar-refractivity contribution in [3.8, 4) is 5.88 Å². The Morgan fingerprint density at radius 2 is 2.00 bits per heavy atom. The van der Waals surface area contributed by atoms with E-state index in [-0.39, 0.29) is 5.88 Å². The van der Waals surface area contributed by atoms with Crippen LogP contribution in [0.2, 0.25) is 5.02 Å². The maximum absolute atomic E-state index is 9.20. The van der Waals surface area contributed by atoms with Gasteiger partial charge in [0.1, 0.15) is 5.82 Å². The van der Waals surface area contributed by atoms with Crippen LogP contribution in [0.1, 0.15) is 11.4 Å². The van der Waals surface area contributed by atoms with Gasteiger partial charge < -0.3 is 9.67 Å². The third-order valence-corrected chi connectivity index (χ3v) is 2.49. The van der Waals surface area contributed by atoms with Crippen LogP contribution in [0.5, 0.6) is 5.88 Å². The Labute approximate surface area is 93.0 Å². The van der Waals surface area contributed by atoms with Crippen LogP contribution in [-0.4, -0.2) is 14.7 Å². The average molecular weight is 223 g/mol. The summed E-state index contributed by atoms with van der Waals surface area (Å²) in [6.07, 6.45) is 2.28. The Balaban J connectivity index is 2.21. The fourth-order valence-electron chi connectivity index (χ4n) is 1.44. The molecule has 4 heteroatoms. The van der Waals surface area contributed by atoms with Crippen LogP contribution in [0, 0.1) is 0 Å². The molecule has 0 aliphatic heterocycles. The number of nitrogens with zero attached hydrogens (tertiary/aromatic N) is 2. The van der Waals surface area contributed by atoms with Crippen LogP contribution in [0.3, 0.4) is 0 Å². The van der Waals surface area contributed by atoms with Gasteiger partial charge in [-0.3, -0.25) is 0 Å². The lowest BCUT2D eigenvalue weighted by atomic mass is 10.1. The first-order chi connectivity index (χ1) is 7.15. The first-order valence-electron chi connectivity index (χ1n) is 4.61. The molecular weight excluding hydrogens is 212 g/mol. The van der Waals surface area contributed by atoms with Crippen LogP contribution < -0.4 is 0 Å². The van der Waals surface area contributed by atoms with E-state index in [2.05, 4.69) is 4.98 Å². The topological polar surface area (TPSA) is 38.0 Å². The number of hydrogen-bond donors (Lipinski definition) is 1. The summed E-state index contributed by atoms with van der Waals surface area (Å²) in [7, 11) is 1.86. The number of aromatic nitrogens is 2. The molecule has 0 spiro atoms. The Morgan fingerprint density at radius 1 is 1.33 bits per heavy atom. The number of halogens is 1. The Kier molecular flexibility index (Phi) is 2.64. The quantitative estimate of drug-likeness (QED) is 0.847. The molecule has 0 saturated heterocycles. The van der Waals surface area contributed by atoms with Crippen LogP contribution >= 0.6 is 11.6 Å². The summed E-state index contributed by atoms with van der Waals surface area (Å²) in [5, 5.41) is 9.93. The molecule has 0 atom stereocenters. The zero-order chi connectivity index (χ0) is 10.8. The molecule has 0 unspecified atom stereocenters. The van der Waals surface area contributed by atoms with Gasteiger partial charge in [-0.15, -0.1) is 0 Å². The molecule has 0 saturated carbocycles. The van der Waals surface area contributed by atoms with Crippen LogP contribution in [0.4, 0.5) is 0 Å². The second kappa shape index (κ2) is 3.95. The second-order valence-electron chi connectivity index (χ2n) is 3.43.